The summed E-state index contributed by atoms with van der Waals surface area (Å²) in [6.45, 7) is 10.8. The zero-order valence-corrected chi connectivity index (χ0v) is 13.6. The summed E-state index contributed by atoms with van der Waals surface area (Å²) < 4.78 is 0. The first-order valence-corrected chi connectivity index (χ1v) is 8.65. The van der Waals surface area contributed by atoms with Gasteiger partial charge in [-0.15, -0.1) is 0 Å². The zero-order valence-electron chi connectivity index (χ0n) is 13.6. The molecular formula is C17H32N2O. The Balaban J connectivity index is 1.76. The molecule has 2 rings (SSSR count). The molecule has 2 aliphatic heterocycles. The van der Waals surface area contributed by atoms with Crippen LogP contribution in [0.25, 0.3) is 0 Å². The third-order valence-electron chi connectivity index (χ3n) is 5.33. The monoisotopic (exact) mass is 280 g/mol. The first-order valence-electron chi connectivity index (χ1n) is 8.65. The van der Waals surface area contributed by atoms with Gasteiger partial charge in [0.2, 0.25) is 0 Å². The molecule has 2 heterocycles. The van der Waals surface area contributed by atoms with Crippen molar-refractivity contribution in [2.24, 2.45) is 17.8 Å². The molecule has 0 spiro atoms. The number of urea groups is 1. The Kier molecular flexibility index (Phi) is 5.74. The summed E-state index contributed by atoms with van der Waals surface area (Å²) in [7, 11) is 0. The fraction of sp³-hybridized carbons (Fsp3) is 0.941. The van der Waals surface area contributed by atoms with Gasteiger partial charge in [-0.3, -0.25) is 0 Å². The highest BCUT2D eigenvalue weighted by molar-refractivity contribution is 5.74. The van der Waals surface area contributed by atoms with Crippen molar-refractivity contribution in [3.05, 3.63) is 0 Å². The van der Waals surface area contributed by atoms with Crippen molar-refractivity contribution in [2.75, 3.05) is 26.2 Å². The topological polar surface area (TPSA) is 23.6 Å². The van der Waals surface area contributed by atoms with Crippen LogP contribution in [0.2, 0.25) is 0 Å². The lowest BCUT2D eigenvalue weighted by Crippen LogP contribution is -2.49. The fourth-order valence-electron chi connectivity index (χ4n) is 3.78. The maximum Gasteiger partial charge on any atom is 0.319 e. The van der Waals surface area contributed by atoms with Crippen LogP contribution in [0.15, 0.2) is 0 Å². The van der Waals surface area contributed by atoms with E-state index in [1.54, 1.807) is 0 Å². The van der Waals surface area contributed by atoms with Crippen LogP contribution in [0.5, 0.6) is 0 Å². The Hall–Kier alpha value is -0.730. The van der Waals surface area contributed by atoms with E-state index in [1.807, 2.05) is 0 Å². The second-order valence-corrected chi connectivity index (χ2v) is 7.07. The smallest absolute Gasteiger partial charge is 0.319 e. The Labute approximate surface area is 124 Å². The first-order chi connectivity index (χ1) is 9.61. The average molecular weight is 280 g/mol. The number of likely N-dealkylation sites (tertiary alicyclic amines) is 2. The molecule has 3 nitrogen and oxygen atoms in total. The van der Waals surface area contributed by atoms with Crippen molar-refractivity contribution >= 4 is 6.03 Å². The second-order valence-electron chi connectivity index (χ2n) is 7.07. The highest BCUT2D eigenvalue weighted by Crippen LogP contribution is 2.27. The standard InChI is InChI=1S/C17H32N2O/c1-4-5-15-6-10-18(11-7-15)17(20)19-12-8-16(9-13-19)14(2)3/h14-16H,4-13H2,1-3H3. The molecule has 2 saturated heterocycles. The van der Waals surface area contributed by atoms with Gasteiger partial charge < -0.3 is 9.80 Å². The Morgan fingerprint density at radius 2 is 1.50 bits per heavy atom. The highest BCUT2D eigenvalue weighted by atomic mass is 16.2. The van der Waals surface area contributed by atoms with Gasteiger partial charge in [0.25, 0.3) is 0 Å². The number of hydrogen-bond donors (Lipinski definition) is 0. The normalized spacial score (nSPS) is 22.6. The summed E-state index contributed by atoms with van der Waals surface area (Å²) in [5.41, 5.74) is 0. The van der Waals surface area contributed by atoms with Crippen molar-refractivity contribution in [2.45, 2.75) is 59.3 Å². The van der Waals surface area contributed by atoms with E-state index in [4.69, 9.17) is 0 Å². The Bertz CT molecular complexity index is 300. The molecule has 0 aromatic carbocycles. The van der Waals surface area contributed by atoms with Crippen molar-refractivity contribution in [3.63, 3.8) is 0 Å². The van der Waals surface area contributed by atoms with Gasteiger partial charge in [-0.25, -0.2) is 4.79 Å². The lowest BCUT2D eigenvalue weighted by Gasteiger charge is -2.39. The number of nitrogens with zero attached hydrogens (tertiary/aromatic N) is 2. The molecule has 0 aliphatic carbocycles. The molecule has 0 bridgehead atoms. The van der Waals surface area contributed by atoms with E-state index in [9.17, 15) is 4.79 Å². The Morgan fingerprint density at radius 3 is 1.95 bits per heavy atom. The van der Waals surface area contributed by atoms with Gasteiger partial charge in [0.15, 0.2) is 0 Å². The fourth-order valence-corrected chi connectivity index (χ4v) is 3.78. The zero-order chi connectivity index (χ0) is 14.5. The quantitative estimate of drug-likeness (QED) is 0.767. The van der Waals surface area contributed by atoms with Crippen LogP contribution in [0, 0.1) is 17.8 Å². The summed E-state index contributed by atoms with van der Waals surface area (Å²) in [6.07, 6.45) is 7.42. The predicted molar refractivity (Wildman–Crippen MR) is 83.7 cm³/mol. The molecule has 3 heteroatoms. The molecule has 0 N–H and O–H groups in total. The summed E-state index contributed by atoms with van der Waals surface area (Å²) >= 11 is 0. The van der Waals surface area contributed by atoms with Crippen molar-refractivity contribution in [1.29, 1.82) is 0 Å². The molecule has 0 unspecified atom stereocenters. The van der Waals surface area contributed by atoms with Gasteiger partial charge in [-0.05, 0) is 43.4 Å². The number of piperidine rings is 2. The van der Waals surface area contributed by atoms with Crippen molar-refractivity contribution < 1.29 is 4.79 Å². The van der Waals surface area contributed by atoms with E-state index >= 15 is 0 Å². The molecule has 0 aromatic heterocycles. The summed E-state index contributed by atoms with van der Waals surface area (Å²) in [4.78, 5) is 16.7. The molecular weight excluding hydrogens is 248 g/mol. The van der Waals surface area contributed by atoms with E-state index < -0.39 is 0 Å². The van der Waals surface area contributed by atoms with E-state index in [0.717, 1.165) is 43.9 Å². The van der Waals surface area contributed by atoms with E-state index in [-0.39, 0.29) is 0 Å². The average Bonchev–Trinajstić information content (AvgIpc) is 2.48. The van der Waals surface area contributed by atoms with Gasteiger partial charge in [0.1, 0.15) is 0 Å². The third kappa shape index (κ3) is 3.89. The van der Waals surface area contributed by atoms with Crippen LogP contribution in [0.4, 0.5) is 4.79 Å². The number of amides is 2. The number of hydrogen-bond acceptors (Lipinski definition) is 1. The maximum absolute atomic E-state index is 12.5. The van der Waals surface area contributed by atoms with E-state index in [1.165, 1.54) is 38.5 Å². The minimum Gasteiger partial charge on any atom is -0.325 e. The number of carbonyl (C=O) groups is 1. The van der Waals surface area contributed by atoms with E-state index in [2.05, 4.69) is 30.6 Å². The highest BCUT2D eigenvalue weighted by Gasteiger charge is 2.29. The molecule has 0 aromatic rings. The van der Waals surface area contributed by atoms with Gasteiger partial charge >= 0.3 is 6.03 Å². The molecule has 2 amide bonds. The van der Waals surface area contributed by atoms with Crippen molar-refractivity contribution in [1.82, 2.24) is 9.80 Å². The summed E-state index contributed by atoms with van der Waals surface area (Å²) in [5.74, 6) is 2.43. The Morgan fingerprint density at radius 1 is 1.00 bits per heavy atom. The second kappa shape index (κ2) is 7.33. The predicted octanol–water partition coefficient (Wildman–Crippen LogP) is 3.99. The van der Waals surface area contributed by atoms with Gasteiger partial charge in [-0.2, -0.15) is 0 Å². The van der Waals surface area contributed by atoms with Crippen LogP contribution >= 0.6 is 0 Å². The third-order valence-corrected chi connectivity index (χ3v) is 5.33. The van der Waals surface area contributed by atoms with Crippen LogP contribution in [-0.2, 0) is 0 Å². The molecule has 0 saturated carbocycles. The maximum atomic E-state index is 12.5. The summed E-state index contributed by atoms with van der Waals surface area (Å²) in [5, 5.41) is 0. The molecule has 116 valence electrons. The van der Waals surface area contributed by atoms with Crippen LogP contribution in [-0.4, -0.2) is 42.0 Å². The number of rotatable bonds is 3. The van der Waals surface area contributed by atoms with Crippen LogP contribution in [0.3, 0.4) is 0 Å². The molecule has 2 fully saturated rings. The van der Waals surface area contributed by atoms with E-state index in [0.29, 0.717) is 6.03 Å². The van der Waals surface area contributed by atoms with Crippen molar-refractivity contribution in [3.8, 4) is 0 Å². The number of carbonyl (C=O) groups excluding carboxylic acids is 1. The van der Waals surface area contributed by atoms with Gasteiger partial charge in [0.05, 0.1) is 0 Å². The molecule has 0 atom stereocenters. The lowest BCUT2D eigenvalue weighted by atomic mass is 9.87. The van der Waals surface area contributed by atoms with Gasteiger partial charge in [0, 0.05) is 26.2 Å². The molecule has 20 heavy (non-hydrogen) atoms. The molecule has 2 aliphatic rings. The van der Waals surface area contributed by atoms with Gasteiger partial charge in [-0.1, -0.05) is 33.6 Å². The minimum atomic E-state index is 0.308. The van der Waals surface area contributed by atoms with Crippen LogP contribution in [0.1, 0.15) is 59.3 Å². The van der Waals surface area contributed by atoms with Crippen LogP contribution < -0.4 is 0 Å². The first kappa shape index (κ1) is 15.7. The minimum absolute atomic E-state index is 0.308. The lowest BCUT2D eigenvalue weighted by molar-refractivity contribution is 0.109. The molecule has 0 radical (unpaired) electrons. The largest absolute Gasteiger partial charge is 0.325 e. The SMILES string of the molecule is CCCC1CCN(C(=O)N2CCC(C(C)C)CC2)CC1. The summed E-state index contributed by atoms with van der Waals surface area (Å²) in [6, 6.07) is 0.308.